The molecule has 3 aliphatic rings. The van der Waals surface area contributed by atoms with Crippen molar-refractivity contribution in [2.75, 3.05) is 4.90 Å². The van der Waals surface area contributed by atoms with Crippen LogP contribution in [0.25, 0.3) is 0 Å². The van der Waals surface area contributed by atoms with Crippen molar-refractivity contribution in [1.82, 2.24) is 4.90 Å². The van der Waals surface area contributed by atoms with Gasteiger partial charge in [-0.05, 0) is 48.6 Å². The molecule has 5 rings (SSSR count). The van der Waals surface area contributed by atoms with E-state index in [4.69, 9.17) is 0 Å². The molecule has 3 heterocycles. The number of carbonyl (C=O) groups excluding carboxylic acids is 3. The van der Waals surface area contributed by atoms with Crippen LogP contribution in [0.15, 0.2) is 54.2 Å². The van der Waals surface area contributed by atoms with E-state index in [1.165, 1.54) is 4.90 Å². The highest BCUT2D eigenvalue weighted by atomic mass is 16.4. The standard InChI is InChI=1S/C22H16N2O5/c25-19-14-6-1-2-7-15(14)20(26)24(19)16-10-8-12-4-3-5-13-9-11-17(22(28)29)23(18(12)13)21(16)27/h1-7,10,17H,8-9,11H2,(H,28,29). The number of hydrogen-bond donors (Lipinski definition) is 1. The van der Waals surface area contributed by atoms with Crippen molar-refractivity contribution >= 4 is 29.4 Å². The number of allylic oxidation sites excluding steroid dienone is 1. The van der Waals surface area contributed by atoms with Crippen LogP contribution in [0.4, 0.5) is 5.69 Å². The molecule has 0 aliphatic carbocycles. The summed E-state index contributed by atoms with van der Waals surface area (Å²) >= 11 is 0. The van der Waals surface area contributed by atoms with Crippen molar-refractivity contribution in [3.63, 3.8) is 0 Å². The Balaban J connectivity index is 1.65. The summed E-state index contributed by atoms with van der Waals surface area (Å²) in [5.74, 6) is -2.89. The maximum absolute atomic E-state index is 13.5. The van der Waals surface area contributed by atoms with Gasteiger partial charge in [-0.15, -0.1) is 0 Å². The number of aryl methyl sites for hydroxylation is 1. The Kier molecular flexibility index (Phi) is 3.67. The average Bonchev–Trinajstić information content (AvgIpc) is 2.88. The molecule has 1 atom stereocenters. The molecule has 29 heavy (non-hydrogen) atoms. The van der Waals surface area contributed by atoms with Gasteiger partial charge in [-0.3, -0.25) is 19.3 Å². The quantitative estimate of drug-likeness (QED) is 0.796. The Morgan fingerprint density at radius 3 is 2.21 bits per heavy atom. The Morgan fingerprint density at radius 2 is 1.55 bits per heavy atom. The number of carbonyl (C=O) groups is 4. The van der Waals surface area contributed by atoms with E-state index in [0.29, 0.717) is 18.5 Å². The molecule has 7 heteroatoms. The molecule has 3 aliphatic heterocycles. The number of aliphatic carboxylic acids is 1. The molecule has 0 saturated carbocycles. The highest BCUT2D eigenvalue weighted by molar-refractivity contribution is 6.26. The molecule has 7 nitrogen and oxygen atoms in total. The zero-order chi connectivity index (χ0) is 20.3. The van der Waals surface area contributed by atoms with Crippen LogP contribution >= 0.6 is 0 Å². The third kappa shape index (κ3) is 2.37. The molecule has 0 saturated heterocycles. The number of imide groups is 1. The maximum atomic E-state index is 13.5. The van der Waals surface area contributed by atoms with Crippen molar-refractivity contribution in [2.24, 2.45) is 0 Å². The summed E-state index contributed by atoms with van der Waals surface area (Å²) in [4.78, 5) is 53.4. The predicted molar refractivity (Wildman–Crippen MR) is 102 cm³/mol. The Bertz CT molecular complexity index is 1110. The first-order chi connectivity index (χ1) is 14.0. The van der Waals surface area contributed by atoms with Gasteiger partial charge in [0.15, 0.2) is 0 Å². The molecule has 0 aromatic heterocycles. The van der Waals surface area contributed by atoms with Gasteiger partial charge >= 0.3 is 5.97 Å². The molecule has 1 unspecified atom stereocenters. The van der Waals surface area contributed by atoms with E-state index in [0.717, 1.165) is 16.0 Å². The van der Waals surface area contributed by atoms with Gasteiger partial charge in [0.2, 0.25) is 0 Å². The summed E-state index contributed by atoms with van der Waals surface area (Å²) in [6.07, 6.45) is 2.69. The van der Waals surface area contributed by atoms with Crippen LogP contribution in [-0.2, 0) is 22.4 Å². The fourth-order valence-corrected chi connectivity index (χ4v) is 4.39. The van der Waals surface area contributed by atoms with E-state index >= 15 is 0 Å². The Hall–Kier alpha value is -3.74. The summed E-state index contributed by atoms with van der Waals surface area (Å²) in [6, 6.07) is 11.0. The number of amides is 3. The number of benzene rings is 2. The van der Waals surface area contributed by atoms with Crippen molar-refractivity contribution in [1.29, 1.82) is 0 Å². The van der Waals surface area contributed by atoms with Crippen LogP contribution in [-0.4, -0.2) is 39.7 Å². The van der Waals surface area contributed by atoms with Gasteiger partial charge in [0.25, 0.3) is 17.7 Å². The van der Waals surface area contributed by atoms with Crippen LogP contribution in [0.2, 0.25) is 0 Å². The summed E-state index contributed by atoms with van der Waals surface area (Å²) in [5, 5.41) is 9.73. The minimum absolute atomic E-state index is 0.0912. The highest BCUT2D eigenvalue weighted by Gasteiger charge is 2.45. The number of hydrogen-bond acceptors (Lipinski definition) is 4. The number of fused-ring (bicyclic) bond motifs is 1. The lowest BCUT2D eigenvalue weighted by Gasteiger charge is -2.36. The summed E-state index contributed by atoms with van der Waals surface area (Å²) in [6.45, 7) is 0. The predicted octanol–water partition coefficient (Wildman–Crippen LogP) is 2.16. The van der Waals surface area contributed by atoms with E-state index in [-0.39, 0.29) is 23.2 Å². The third-order valence-corrected chi connectivity index (χ3v) is 5.72. The monoisotopic (exact) mass is 388 g/mol. The topological polar surface area (TPSA) is 95.0 Å². The Labute approximate surface area is 165 Å². The van der Waals surface area contributed by atoms with Crippen LogP contribution < -0.4 is 4.90 Å². The van der Waals surface area contributed by atoms with Crippen LogP contribution in [0.1, 0.15) is 38.3 Å². The van der Waals surface area contributed by atoms with Gasteiger partial charge in [0.1, 0.15) is 11.7 Å². The van der Waals surface area contributed by atoms with Crippen molar-refractivity contribution in [3.8, 4) is 0 Å². The van der Waals surface area contributed by atoms with Crippen LogP contribution in [0.3, 0.4) is 0 Å². The second kappa shape index (κ2) is 6.13. The SMILES string of the molecule is O=C(O)C1CCc2cccc3c2N1C(=O)C(N1C(=O)c2ccccc2C1=O)=CC3. The van der Waals surface area contributed by atoms with E-state index in [1.807, 2.05) is 18.2 Å². The van der Waals surface area contributed by atoms with Gasteiger partial charge in [-0.1, -0.05) is 30.3 Å². The van der Waals surface area contributed by atoms with Gasteiger partial charge in [-0.25, -0.2) is 9.69 Å². The summed E-state index contributed by atoms with van der Waals surface area (Å²) in [7, 11) is 0. The van der Waals surface area contributed by atoms with Gasteiger partial charge in [0, 0.05) is 0 Å². The Morgan fingerprint density at radius 1 is 0.897 bits per heavy atom. The van der Waals surface area contributed by atoms with E-state index in [9.17, 15) is 24.3 Å². The minimum atomic E-state index is -1.11. The first-order valence-electron chi connectivity index (χ1n) is 9.34. The highest BCUT2D eigenvalue weighted by Crippen LogP contribution is 2.39. The third-order valence-electron chi connectivity index (χ3n) is 5.72. The first kappa shape index (κ1) is 17.4. The van der Waals surface area contributed by atoms with Crippen molar-refractivity contribution in [2.45, 2.75) is 25.3 Å². The van der Waals surface area contributed by atoms with E-state index in [1.54, 1.807) is 30.3 Å². The minimum Gasteiger partial charge on any atom is -0.480 e. The number of rotatable bonds is 2. The number of carboxylic acid groups (broad SMARTS) is 1. The number of anilines is 1. The molecular weight excluding hydrogens is 372 g/mol. The first-order valence-corrected chi connectivity index (χ1v) is 9.34. The van der Waals surface area contributed by atoms with Gasteiger partial charge < -0.3 is 5.11 Å². The second-order valence-corrected chi connectivity index (χ2v) is 7.28. The fourth-order valence-electron chi connectivity index (χ4n) is 4.39. The molecular formula is C22H16N2O5. The lowest BCUT2D eigenvalue weighted by atomic mass is 9.92. The average molecular weight is 388 g/mol. The van der Waals surface area contributed by atoms with E-state index < -0.39 is 29.7 Å². The molecule has 0 spiro atoms. The van der Waals surface area contributed by atoms with Crippen LogP contribution in [0, 0.1) is 0 Å². The summed E-state index contributed by atoms with van der Waals surface area (Å²) < 4.78 is 0. The normalized spacial score (nSPS) is 20.2. The second-order valence-electron chi connectivity index (χ2n) is 7.28. The largest absolute Gasteiger partial charge is 0.480 e. The molecule has 2 aromatic carbocycles. The van der Waals surface area contributed by atoms with Gasteiger partial charge in [0.05, 0.1) is 16.8 Å². The number of nitrogens with zero attached hydrogens (tertiary/aromatic N) is 2. The summed E-state index contributed by atoms with van der Waals surface area (Å²) in [5.41, 5.74) is 2.66. The molecule has 3 amide bonds. The molecule has 144 valence electrons. The van der Waals surface area contributed by atoms with Crippen molar-refractivity contribution in [3.05, 3.63) is 76.5 Å². The lowest BCUT2D eigenvalue weighted by Crippen LogP contribution is -2.51. The fraction of sp³-hybridized carbons (Fsp3) is 0.182. The molecule has 0 bridgehead atoms. The smallest absolute Gasteiger partial charge is 0.326 e. The zero-order valence-electron chi connectivity index (χ0n) is 15.3. The number of carboxylic acids is 1. The van der Waals surface area contributed by atoms with Crippen LogP contribution in [0.5, 0.6) is 0 Å². The number of para-hydroxylation sites is 1. The molecule has 0 fully saturated rings. The molecule has 0 radical (unpaired) electrons. The zero-order valence-corrected chi connectivity index (χ0v) is 15.3. The molecule has 1 N–H and O–H groups in total. The molecule has 2 aromatic rings. The maximum Gasteiger partial charge on any atom is 0.326 e. The van der Waals surface area contributed by atoms with E-state index in [2.05, 4.69) is 0 Å². The lowest BCUT2D eigenvalue weighted by molar-refractivity contribution is -0.140. The van der Waals surface area contributed by atoms with Crippen molar-refractivity contribution < 1.29 is 24.3 Å². The van der Waals surface area contributed by atoms with Gasteiger partial charge in [-0.2, -0.15) is 0 Å².